The summed E-state index contributed by atoms with van der Waals surface area (Å²) in [6.45, 7) is 5.05. The van der Waals surface area contributed by atoms with Crippen LogP contribution in [-0.2, 0) is 20.8 Å². The number of rotatable bonds is 18. The molecule has 0 saturated carbocycles. The number of amides is 9. The number of urea groups is 3. The Bertz CT molecular complexity index is 5440. The summed E-state index contributed by atoms with van der Waals surface area (Å²) in [5.41, 5.74) is 18.1. The average Bonchev–Trinajstić information content (AvgIpc) is 0.753. The molecule has 9 amide bonds. The maximum Gasteiger partial charge on any atom is 0.319 e. The molecule has 3 fully saturated rings. The lowest BCUT2D eigenvalue weighted by Crippen LogP contribution is -2.50. The van der Waals surface area contributed by atoms with Crippen molar-refractivity contribution in [1.82, 2.24) is 59.3 Å². The van der Waals surface area contributed by atoms with E-state index in [-0.39, 0.29) is 121 Å². The zero-order chi connectivity index (χ0) is 85.7. The van der Waals surface area contributed by atoms with E-state index in [0.29, 0.717) is 159 Å². The number of aromatic nitrogens is 6. The number of piperazine rings is 3. The predicted octanol–water partition coefficient (Wildman–Crippen LogP) is 12.6. The van der Waals surface area contributed by atoms with Crippen LogP contribution >= 0.6 is 34.8 Å². The van der Waals surface area contributed by atoms with Crippen LogP contribution in [-0.4, -0.2) is 244 Å². The van der Waals surface area contributed by atoms with Crippen molar-refractivity contribution in [3.63, 3.8) is 0 Å². The highest BCUT2D eigenvalue weighted by Crippen LogP contribution is 2.47. The van der Waals surface area contributed by atoms with Gasteiger partial charge in [-0.3, -0.25) is 14.4 Å². The zero-order valence-electron chi connectivity index (χ0n) is 66.5. The minimum atomic E-state index is -0.702. The number of aromatic hydroxyl groups is 3. The maximum absolute atomic E-state index is 16.5. The predicted molar refractivity (Wildman–Crippen MR) is 460 cm³/mol. The van der Waals surface area contributed by atoms with Crippen molar-refractivity contribution in [3.8, 4) is 56.6 Å². The highest BCUT2D eigenvalue weighted by molar-refractivity contribution is 6.36. The quantitative estimate of drug-likeness (QED) is 0.0419. The summed E-state index contributed by atoms with van der Waals surface area (Å²) < 4.78 is 55.2. The molecule has 3 aliphatic rings. The first kappa shape index (κ1) is 85.0. The number of phenolic OH excluding ortho intramolecular Hbond substituents is 3. The van der Waals surface area contributed by atoms with Crippen LogP contribution in [0.15, 0.2) is 127 Å². The number of nitrogens with two attached hydrogens (primary N) is 3. The van der Waals surface area contributed by atoms with Crippen LogP contribution in [0.4, 0.5) is 51.0 Å². The normalized spacial score (nSPS) is 13.6. The Hall–Kier alpha value is -12.9. The van der Waals surface area contributed by atoms with Crippen LogP contribution in [0.25, 0.3) is 98.4 Å². The smallest absolute Gasteiger partial charge is 0.319 e. The molecule has 35 heteroatoms. The largest absolute Gasteiger partial charge is 0.508 e. The molecule has 3 aliphatic heterocycles. The summed E-state index contributed by atoms with van der Waals surface area (Å²) >= 11 is 20.2. The molecular weight excluding hydrogens is 1610 g/mol. The number of fused-ring (bicyclic) bond motifs is 6. The van der Waals surface area contributed by atoms with Crippen molar-refractivity contribution in [2.75, 3.05) is 154 Å². The number of ether oxygens (including phenoxy) is 1. The van der Waals surface area contributed by atoms with Gasteiger partial charge in [-0.2, -0.15) is 15.0 Å². The molecule has 120 heavy (non-hydrogen) atoms. The standard InChI is InChI=1S/C29H30ClFN6O3.C28H29ClFN7O3.C28H28ClFN6O4/c1-35(2)24(39)9-5-8-23-33-27-21(28(34-23)36-10-12-37(13-11-36)29(32)40)16-22(30)25(26(27)31)20-15-18(38)14-17-6-3-4-7-19(17)20;1-35(2)22(39)7-8-32-28-33-25-20(26(34-28)36-9-11-37(12-10-36)27(31)40)15-21(29)23(24(25)30)19-14-17(38)13-16-5-3-4-6-18(16)19;1-34(2)22(38)7-12-40-28-32-25-20(26(33-28)35-8-10-36(11-9-35)27(31)39)15-21(29)23(24(25)30)19-14-17(37)13-16-5-3-4-6-18(16)19/h3-4,6-7,14-16,38H,5,8-13H2,1-2H3,(H2,32,40);3-6,13-15,38H,7-12H2,1-2H3,(H2,31,40)(H,32,33,34);3-6,13-15,37H,7-12H2,1-2H3,(H2,31,39). The molecule has 12 aromatic rings. The highest BCUT2D eigenvalue weighted by Gasteiger charge is 2.32. The lowest BCUT2D eigenvalue weighted by atomic mass is 9.96. The Morgan fingerprint density at radius 2 is 0.767 bits per heavy atom. The fourth-order valence-corrected chi connectivity index (χ4v) is 15.7. The van der Waals surface area contributed by atoms with Crippen LogP contribution in [0.1, 0.15) is 31.5 Å². The molecule has 3 aromatic heterocycles. The van der Waals surface area contributed by atoms with Crippen molar-refractivity contribution < 1.29 is 62.0 Å². The van der Waals surface area contributed by atoms with Gasteiger partial charge in [0.2, 0.25) is 23.7 Å². The number of carbonyl (C=O) groups is 6. The van der Waals surface area contributed by atoms with E-state index in [1.165, 1.54) is 42.7 Å². The van der Waals surface area contributed by atoms with E-state index in [1.807, 2.05) is 87.5 Å². The van der Waals surface area contributed by atoms with Crippen LogP contribution in [0.5, 0.6) is 23.3 Å². The van der Waals surface area contributed by atoms with Crippen LogP contribution in [0.3, 0.4) is 0 Å². The van der Waals surface area contributed by atoms with E-state index in [0.717, 1.165) is 26.9 Å². The van der Waals surface area contributed by atoms with Gasteiger partial charge in [-0.1, -0.05) is 108 Å². The first-order valence-electron chi connectivity index (χ1n) is 38.5. The fourth-order valence-electron chi connectivity index (χ4n) is 14.8. The number of carbonyl (C=O) groups excluding carboxylic acids is 6. The summed E-state index contributed by atoms with van der Waals surface area (Å²) in [7, 11) is 10.0. The second kappa shape index (κ2) is 36.5. The molecule has 0 bridgehead atoms. The topological polar surface area (TPSA) is 369 Å². The van der Waals surface area contributed by atoms with E-state index < -0.39 is 35.5 Å². The summed E-state index contributed by atoms with van der Waals surface area (Å²) in [5, 5.41) is 40.2. The third-order valence-electron chi connectivity index (χ3n) is 21.1. The number of hydrogen-bond acceptors (Lipinski definition) is 20. The monoisotopic (exact) mass is 1700 g/mol. The minimum absolute atomic E-state index is 0.00330. The molecule has 0 aliphatic carbocycles. The van der Waals surface area contributed by atoms with Gasteiger partial charge in [0.1, 0.15) is 63.7 Å². The zero-order valence-corrected chi connectivity index (χ0v) is 68.7. The van der Waals surface area contributed by atoms with Gasteiger partial charge in [-0.05, 0) is 110 Å². The van der Waals surface area contributed by atoms with Gasteiger partial charge in [0, 0.05) is 179 Å². The van der Waals surface area contributed by atoms with Crippen LogP contribution in [0.2, 0.25) is 15.1 Å². The number of halogens is 6. The van der Waals surface area contributed by atoms with Gasteiger partial charge in [0.15, 0.2) is 17.5 Å². The summed E-state index contributed by atoms with van der Waals surface area (Å²) in [4.78, 5) is 113. The lowest BCUT2D eigenvalue weighted by molar-refractivity contribution is -0.129. The fraction of sp³-hybridized carbons (Fsp3) is 0.294. The molecule has 0 atom stereocenters. The number of anilines is 4. The second-order valence-electron chi connectivity index (χ2n) is 29.6. The summed E-state index contributed by atoms with van der Waals surface area (Å²) in [6.07, 6.45) is 1.47. The van der Waals surface area contributed by atoms with Crippen LogP contribution < -0.4 is 42.0 Å². The summed E-state index contributed by atoms with van der Waals surface area (Å²) in [6, 6.07) is 34.5. The van der Waals surface area contributed by atoms with Gasteiger partial charge >= 0.3 is 24.1 Å². The minimum Gasteiger partial charge on any atom is -0.508 e. The van der Waals surface area contributed by atoms with E-state index in [1.54, 1.807) is 83.6 Å². The number of aryl methyl sites for hydroxylation is 1. The van der Waals surface area contributed by atoms with Gasteiger partial charge in [-0.25, -0.2) is 42.5 Å². The Kier molecular flexibility index (Phi) is 25.8. The summed E-state index contributed by atoms with van der Waals surface area (Å²) in [5.74, 6) is -0.380. The maximum atomic E-state index is 16.5. The number of nitrogens with zero attached hydrogens (tertiary/aromatic N) is 15. The van der Waals surface area contributed by atoms with Gasteiger partial charge in [0.05, 0.1) is 21.5 Å². The molecule has 0 unspecified atom stereocenters. The van der Waals surface area contributed by atoms with Gasteiger partial charge in [-0.15, -0.1) is 0 Å². The van der Waals surface area contributed by atoms with Crippen molar-refractivity contribution in [3.05, 3.63) is 166 Å². The third kappa shape index (κ3) is 18.5. The third-order valence-corrected chi connectivity index (χ3v) is 22.0. The van der Waals surface area contributed by atoms with Crippen molar-refractivity contribution in [2.45, 2.75) is 32.1 Å². The van der Waals surface area contributed by atoms with E-state index >= 15 is 13.2 Å². The molecule has 624 valence electrons. The number of nitrogens with one attached hydrogen (secondary N) is 1. The number of phenols is 3. The average molecular weight is 1700 g/mol. The Morgan fingerprint density at radius 1 is 0.425 bits per heavy atom. The first-order chi connectivity index (χ1) is 57.4. The molecule has 15 rings (SSSR count). The molecule has 29 nitrogen and oxygen atoms in total. The van der Waals surface area contributed by atoms with Crippen molar-refractivity contribution >= 4 is 159 Å². The molecular formula is C85H87Cl3F3N19O10. The van der Waals surface area contributed by atoms with Crippen molar-refractivity contribution in [1.29, 1.82) is 0 Å². The van der Waals surface area contributed by atoms with E-state index in [4.69, 9.17) is 61.7 Å². The molecule has 6 heterocycles. The number of benzene rings is 9. The van der Waals surface area contributed by atoms with E-state index in [9.17, 15) is 44.1 Å². The SMILES string of the molecule is CN(C)C(=O)CCCc1nc(N2CCN(C(N)=O)CC2)c2cc(Cl)c(-c3cc(O)cc4ccccc34)c(F)c2n1.CN(C)C(=O)CCNc1nc(N2CCN(C(N)=O)CC2)c2cc(Cl)c(-c3cc(O)cc4ccccc34)c(F)c2n1.CN(C)C(=O)CCOc1nc(N2CCN(C(N)=O)CC2)c2cc(Cl)c(-c3cc(O)cc4ccccc34)c(F)c2n1. The molecule has 0 radical (unpaired) electrons. The highest BCUT2D eigenvalue weighted by atomic mass is 35.5. The molecule has 0 spiro atoms. The molecule has 3 saturated heterocycles. The number of primary amides is 3. The lowest BCUT2D eigenvalue weighted by Gasteiger charge is -2.35. The van der Waals surface area contributed by atoms with Crippen LogP contribution in [0, 0.1) is 17.5 Å². The Morgan fingerprint density at radius 3 is 1.15 bits per heavy atom. The first-order valence-corrected chi connectivity index (χ1v) is 39.6. The van der Waals surface area contributed by atoms with Gasteiger partial charge < -0.3 is 86.7 Å². The Labute approximate surface area is 702 Å². The van der Waals surface area contributed by atoms with Gasteiger partial charge in [0.25, 0.3) is 0 Å². The molecule has 10 N–H and O–H groups in total. The molecule has 9 aromatic carbocycles. The van der Waals surface area contributed by atoms with Crippen molar-refractivity contribution in [2.24, 2.45) is 17.2 Å². The second-order valence-corrected chi connectivity index (χ2v) is 30.8. The van der Waals surface area contributed by atoms with E-state index in [2.05, 4.69) is 30.2 Å². The Balaban J connectivity index is 0.000000156. The number of hydrogen-bond donors (Lipinski definition) is 7.